The van der Waals surface area contributed by atoms with Gasteiger partial charge in [-0.3, -0.25) is 4.79 Å². The maximum Gasteiger partial charge on any atom is 0.224 e. The SMILES string of the molecule is O=C(CCc1ccc(F)cc1)Nc1ccccc1. The third-order valence-corrected chi connectivity index (χ3v) is 2.61. The maximum atomic E-state index is 12.7. The number of rotatable bonds is 4. The minimum Gasteiger partial charge on any atom is -0.326 e. The molecule has 18 heavy (non-hydrogen) atoms. The van der Waals surface area contributed by atoms with Gasteiger partial charge >= 0.3 is 0 Å². The second-order valence-electron chi connectivity index (χ2n) is 4.04. The van der Waals surface area contributed by atoms with E-state index in [0.717, 1.165) is 11.3 Å². The first kappa shape index (κ1) is 12.3. The van der Waals surface area contributed by atoms with E-state index in [-0.39, 0.29) is 11.7 Å². The van der Waals surface area contributed by atoms with E-state index in [0.29, 0.717) is 12.8 Å². The molecule has 0 aliphatic rings. The Kier molecular flexibility index (Phi) is 4.07. The molecule has 2 aromatic rings. The van der Waals surface area contributed by atoms with Crippen LogP contribution < -0.4 is 5.32 Å². The molecule has 0 heterocycles. The van der Waals surface area contributed by atoms with Crippen LogP contribution in [0.4, 0.5) is 10.1 Å². The quantitative estimate of drug-likeness (QED) is 0.876. The molecule has 0 bridgehead atoms. The van der Waals surface area contributed by atoms with Crippen molar-refractivity contribution in [3.63, 3.8) is 0 Å². The molecule has 0 atom stereocenters. The lowest BCUT2D eigenvalue weighted by molar-refractivity contribution is -0.116. The van der Waals surface area contributed by atoms with Crippen molar-refractivity contribution in [2.45, 2.75) is 12.8 Å². The van der Waals surface area contributed by atoms with Crippen LogP contribution in [0.25, 0.3) is 0 Å². The molecule has 0 fully saturated rings. The van der Waals surface area contributed by atoms with Gasteiger partial charge in [0.15, 0.2) is 0 Å². The second-order valence-corrected chi connectivity index (χ2v) is 4.04. The number of amides is 1. The van der Waals surface area contributed by atoms with E-state index in [9.17, 15) is 9.18 Å². The lowest BCUT2D eigenvalue weighted by atomic mass is 10.1. The third-order valence-electron chi connectivity index (χ3n) is 2.61. The molecule has 1 amide bonds. The Balaban J connectivity index is 1.83. The van der Waals surface area contributed by atoms with Crippen molar-refractivity contribution in [2.24, 2.45) is 0 Å². The summed E-state index contributed by atoms with van der Waals surface area (Å²) in [6.45, 7) is 0. The lowest BCUT2D eigenvalue weighted by Gasteiger charge is -2.05. The average Bonchev–Trinajstić information content (AvgIpc) is 2.39. The molecule has 0 aromatic heterocycles. The highest BCUT2D eigenvalue weighted by molar-refractivity contribution is 5.90. The zero-order valence-corrected chi connectivity index (χ0v) is 9.90. The Morgan fingerprint density at radius 2 is 1.67 bits per heavy atom. The first-order valence-electron chi connectivity index (χ1n) is 5.83. The number of hydrogen-bond acceptors (Lipinski definition) is 1. The van der Waals surface area contributed by atoms with E-state index in [1.807, 2.05) is 30.3 Å². The predicted octanol–water partition coefficient (Wildman–Crippen LogP) is 3.40. The van der Waals surface area contributed by atoms with E-state index < -0.39 is 0 Å². The molecule has 2 nitrogen and oxygen atoms in total. The van der Waals surface area contributed by atoms with Crippen LogP contribution in [0.2, 0.25) is 0 Å². The van der Waals surface area contributed by atoms with Gasteiger partial charge in [0.05, 0.1) is 0 Å². The summed E-state index contributed by atoms with van der Waals surface area (Å²) in [6.07, 6.45) is 0.999. The zero-order valence-electron chi connectivity index (χ0n) is 9.90. The van der Waals surface area contributed by atoms with Gasteiger partial charge < -0.3 is 5.32 Å². The van der Waals surface area contributed by atoms with Crippen molar-refractivity contribution in [2.75, 3.05) is 5.32 Å². The highest BCUT2D eigenvalue weighted by atomic mass is 19.1. The molecular weight excluding hydrogens is 229 g/mol. The Morgan fingerprint density at radius 1 is 1.00 bits per heavy atom. The number of benzene rings is 2. The van der Waals surface area contributed by atoms with E-state index in [1.165, 1.54) is 12.1 Å². The van der Waals surface area contributed by atoms with Crippen LogP contribution in [-0.2, 0) is 11.2 Å². The Morgan fingerprint density at radius 3 is 2.33 bits per heavy atom. The standard InChI is InChI=1S/C15H14FNO/c16-13-9-6-12(7-10-13)8-11-15(18)17-14-4-2-1-3-5-14/h1-7,9-10H,8,11H2,(H,17,18). The largest absolute Gasteiger partial charge is 0.326 e. The molecular formula is C15H14FNO. The number of aryl methyl sites for hydroxylation is 1. The molecule has 3 heteroatoms. The molecule has 0 saturated carbocycles. The fourth-order valence-electron chi connectivity index (χ4n) is 1.65. The van der Waals surface area contributed by atoms with Crippen molar-refractivity contribution in [1.82, 2.24) is 0 Å². The summed E-state index contributed by atoms with van der Waals surface area (Å²) in [5, 5.41) is 2.81. The number of nitrogens with one attached hydrogen (secondary N) is 1. The predicted molar refractivity (Wildman–Crippen MR) is 69.8 cm³/mol. The minimum atomic E-state index is -0.257. The number of anilines is 1. The number of carbonyl (C=O) groups excluding carboxylic acids is 1. The summed E-state index contributed by atoms with van der Waals surface area (Å²) in [5.41, 5.74) is 1.75. The van der Waals surface area contributed by atoms with Crippen LogP contribution in [0, 0.1) is 5.82 Å². The molecule has 92 valence electrons. The monoisotopic (exact) mass is 243 g/mol. The molecule has 0 radical (unpaired) electrons. The highest BCUT2D eigenvalue weighted by Gasteiger charge is 2.02. The maximum absolute atomic E-state index is 12.7. The zero-order chi connectivity index (χ0) is 12.8. The summed E-state index contributed by atoms with van der Waals surface area (Å²) < 4.78 is 12.7. The summed E-state index contributed by atoms with van der Waals surface area (Å²) in [7, 11) is 0. The van der Waals surface area contributed by atoms with Crippen molar-refractivity contribution in [3.8, 4) is 0 Å². The van der Waals surface area contributed by atoms with Gasteiger partial charge in [-0.25, -0.2) is 4.39 Å². The number of carbonyl (C=O) groups is 1. The summed E-state index contributed by atoms with van der Waals surface area (Å²) in [6, 6.07) is 15.5. The van der Waals surface area contributed by atoms with Gasteiger partial charge in [0.1, 0.15) is 5.82 Å². The van der Waals surface area contributed by atoms with E-state index in [2.05, 4.69) is 5.32 Å². The number of para-hydroxylation sites is 1. The van der Waals surface area contributed by atoms with Crippen LogP contribution in [0.15, 0.2) is 54.6 Å². The molecule has 1 N–H and O–H groups in total. The Bertz CT molecular complexity index is 508. The molecule has 0 spiro atoms. The van der Waals surface area contributed by atoms with Crippen LogP contribution in [0.1, 0.15) is 12.0 Å². The topological polar surface area (TPSA) is 29.1 Å². The molecule has 0 saturated heterocycles. The summed E-state index contributed by atoms with van der Waals surface area (Å²) in [4.78, 5) is 11.7. The van der Waals surface area contributed by atoms with Gasteiger partial charge in [0.2, 0.25) is 5.91 Å². The van der Waals surface area contributed by atoms with Gasteiger partial charge in [0, 0.05) is 12.1 Å². The second kappa shape index (κ2) is 5.96. The first-order valence-corrected chi connectivity index (χ1v) is 5.83. The smallest absolute Gasteiger partial charge is 0.224 e. The van der Waals surface area contributed by atoms with Crippen molar-refractivity contribution in [1.29, 1.82) is 0 Å². The Labute approximate surface area is 105 Å². The van der Waals surface area contributed by atoms with Gasteiger partial charge in [-0.05, 0) is 36.2 Å². The highest BCUT2D eigenvalue weighted by Crippen LogP contribution is 2.08. The van der Waals surface area contributed by atoms with Crippen LogP contribution >= 0.6 is 0 Å². The first-order chi connectivity index (χ1) is 8.74. The lowest BCUT2D eigenvalue weighted by Crippen LogP contribution is -2.12. The third kappa shape index (κ3) is 3.70. The number of halogens is 1. The van der Waals surface area contributed by atoms with Gasteiger partial charge in [-0.2, -0.15) is 0 Å². The van der Waals surface area contributed by atoms with Crippen LogP contribution in [0.3, 0.4) is 0 Å². The van der Waals surface area contributed by atoms with Crippen molar-refractivity contribution >= 4 is 11.6 Å². The molecule has 2 rings (SSSR count). The van der Waals surface area contributed by atoms with E-state index in [1.54, 1.807) is 12.1 Å². The van der Waals surface area contributed by atoms with Crippen molar-refractivity contribution < 1.29 is 9.18 Å². The average molecular weight is 243 g/mol. The van der Waals surface area contributed by atoms with Gasteiger partial charge in [-0.1, -0.05) is 30.3 Å². The summed E-state index contributed by atoms with van der Waals surface area (Å²) in [5.74, 6) is -0.294. The van der Waals surface area contributed by atoms with Gasteiger partial charge in [0.25, 0.3) is 0 Å². The fraction of sp³-hybridized carbons (Fsp3) is 0.133. The molecule has 0 aliphatic carbocycles. The molecule has 0 unspecified atom stereocenters. The minimum absolute atomic E-state index is 0.0366. The van der Waals surface area contributed by atoms with Crippen LogP contribution in [-0.4, -0.2) is 5.91 Å². The normalized spacial score (nSPS) is 10.1. The van der Waals surface area contributed by atoms with E-state index in [4.69, 9.17) is 0 Å². The fourth-order valence-corrected chi connectivity index (χ4v) is 1.65. The van der Waals surface area contributed by atoms with Gasteiger partial charge in [-0.15, -0.1) is 0 Å². The van der Waals surface area contributed by atoms with Crippen LogP contribution in [0.5, 0.6) is 0 Å². The summed E-state index contributed by atoms with van der Waals surface area (Å²) >= 11 is 0. The molecule has 2 aromatic carbocycles. The van der Waals surface area contributed by atoms with E-state index >= 15 is 0 Å². The molecule has 0 aliphatic heterocycles. The van der Waals surface area contributed by atoms with Crippen molar-refractivity contribution in [3.05, 3.63) is 66.0 Å². The Hall–Kier alpha value is -2.16. The number of hydrogen-bond donors (Lipinski definition) is 1.